The minimum atomic E-state index is -0.604. The number of hydrogen-bond donors (Lipinski definition) is 1. The predicted molar refractivity (Wildman–Crippen MR) is 146 cm³/mol. The number of piperidine rings is 1. The summed E-state index contributed by atoms with van der Waals surface area (Å²) in [6, 6.07) is 14.3. The smallest absolute Gasteiger partial charge is 0.411 e. The fourth-order valence-electron chi connectivity index (χ4n) is 5.75. The predicted octanol–water partition coefficient (Wildman–Crippen LogP) is 4.28. The number of rotatable bonds is 10. The summed E-state index contributed by atoms with van der Waals surface area (Å²) in [5, 5.41) is 2.85. The number of amides is 3. The first-order valence-corrected chi connectivity index (χ1v) is 14.0. The molecular weight excluding hydrogens is 499 g/mol. The van der Waals surface area contributed by atoms with Crippen LogP contribution in [0, 0.1) is 11.7 Å². The Kier molecular flexibility index (Phi) is 8.26. The summed E-state index contributed by atoms with van der Waals surface area (Å²) in [6.07, 6.45) is 1.73. The molecular formula is C30H39FN4O4. The van der Waals surface area contributed by atoms with Crippen LogP contribution in [0.15, 0.2) is 48.5 Å². The van der Waals surface area contributed by atoms with Gasteiger partial charge in [0, 0.05) is 58.7 Å². The van der Waals surface area contributed by atoms with Gasteiger partial charge in [0.2, 0.25) is 0 Å². The van der Waals surface area contributed by atoms with Crippen LogP contribution >= 0.6 is 0 Å². The van der Waals surface area contributed by atoms with Crippen LogP contribution < -0.4 is 10.1 Å². The van der Waals surface area contributed by atoms with Crippen molar-refractivity contribution in [2.45, 2.75) is 51.3 Å². The summed E-state index contributed by atoms with van der Waals surface area (Å²) >= 11 is 0. The maximum absolute atomic E-state index is 13.6. The molecule has 3 amide bonds. The molecule has 1 N–H and O–H groups in total. The first-order valence-electron chi connectivity index (χ1n) is 14.0. The van der Waals surface area contributed by atoms with Crippen molar-refractivity contribution in [3.05, 3.63) is 65.5 Å². The second kappa shape index (κ2) is 11.8. The number of ether oxygens (including phenoxy) is 2. The van der Waals surface area contributed by atoms with E-state index in [0.717, 1.165) is 55.9 Å². The lowest BCUT2D eigenvalue weighted by atomic mass is 9.81. The molecule has 9 heteroatoms. The lowest BCUT2D eigenvalue weighted by Gasteiger charge is -2.42. The zero-order chi connectivity index (χ0) is 27.4. The van der Waals surface area contributed by atoms with E-state index in [-0.39, 0.29) is 24.0 Å². The molecule has 0 saturated carbocycles. The van der Waals surface area contributed by atoms with Gasteiger partial charge in [0.05, 0.1) is 12.6 Å². The van der Waals surface area contributed by atoms with Gasteiger partial charge in [0.25, 0.3) is 0 Å². The minimum absolute atomic E-state index is 0.00252. The fourth-order valence-corrected chi connectivity index (χ4v) is 5.75. The molecule has 0 aliphatic carbocycles. The average Bonchev–Trinajstić information content (AvgIpc) is 3.44. The van der Waals surface area contributed by atoms with Crippen LogP contribution in [0.2, 0.25) is 0 Å². The Morgan fingerprint density at radius 1 is 1.00 bits per heavy atom. The second-order valence-electron chi connectivity index (χ2n) is 11.3. The van der Waals surface area contributed by atoms with Crippen LogP contribution in [0.4, 0.5) is 14.0 Å². The number of likely N-dealkylation sites (tertiary alicyclic amines) is 1. The van der Waals surface area contributed by atoms with Crippen molar-refractivity contribution in [1.29, 1.82) is 0 Å². The monoisotopic (exact) mass is 538 g/mol. The molecule has 1 unspecified atom stereocenters. The van der Waals surface area contributed by atoms with E-state index in [2.05, 4.69) is 24.1 Å². The van der Waals surface area contributed by atoms with E-state index in [1.54, 1.807) is 12.1 Å². The van der Waals surface area contributed by atoms with Crippen LogP contribution in [0.1, 0.15) is 37.8 Å². The number of halogens is 1. The summed E-state index contributed by atoms with van der Waals surface area (Å²) in [4.78, 5) is 31.3. The highest BCUT2D eigenvalue weighted by Gasteiger charge is 2.54. The molecule has 39 heavy (non-hydrogen) atoms. The summed E-state index contributed by atoms with van der Waals surface area (Å²) < 4.78 is 25.6. The van der Waals surface area contributed by atoms with Crippen molar-refractivity contribution < 1.29 is 23.5 Å². The largest absolute Gasteiger partial charge is 0.493 e. The van der Waals surface area contributed by atoms with Crippen molar-refractivity contribution in [2.75, 3.05) is 45.9 Å². The Labute approximate surface area is 230 Å². The molecule has 210 valence electrons. The van der Waals surface area contributed by atoms with E-state index in [9.17, 15) is 14.0 Å². The number of nitrogens with zero attached hydrogens (tertiary/aromatic N) is 3. The van der Waals surface area contributed by atoms with Gasteiger partial charge >= 0.3 is 12.1 Å². The number of urea groups is 1. The van der Waals surface area contributed by atoms with Crippen LogP contribution in [-0.2, 0) is 17.7 Å². The van der Waals surface area contributed by atoms with E-state index < -0.39 is 5.60 Å². The molecule has 5 rings (SSSR count). The Morgan fingerprint density at radius 3 is 2.33 bits per heavy atom. The van der Waals surface area contributed by atoms with Crippen molar-refractivity contribution in [3.63, 3.8) is 0 Å². The van der Waals surface area contributed by atoms with Gasteiger partial charge in [-0.05, 0) is 47.7 Å². The number of carbonyl (C=O) groups is 2. The number of nitrogens with one attached hydrogen (secondary N) is 1. The van der Waals surface area contributed by atoms with E-state index in [1.165, 1.54) is 12.1 Å². The Bertz CT molecular complexity index is 1130. The third-order valence-electron chi connectivity index (χ3n) is 8.04. The van der Waals surface area contributed by atoms with Gasteiger partial charge in [-0.25, -0.2) is 14.0 Å². The summed E-state index contributed by atoms with van der Waals surface area (Å²) in [7, 11) is 0. The summed E-state index contributed by atoms with van der Waals surface area (Å²) in [5.41, 5.74) is 1.38. The van der Waals surface area contributed by atoms with Crippen molar-refractivity contribution >= 4 is 12.1 Å². The fraction of sp³-hybridized carbons (Fsp3) is 0.533. The van der Waals surface area contributed by atoms with Gasteiger partial charge in [0.15, 0.2) is 0 Å². The topological polar surface area (TPSA) is 74.3 Å². The molecule has 0 aromatic heterocycles. The third-order valence-corrected chi connectivity index (χ3v) is 8.04. The lowest BCUT2D eigenvalue weighted by Crippen LogP contribution is -2.54. The van der Waals surface area contributed by atoms with Gasteiger partial charge in [0.1, 0.15) is 17.2 Å². The SMILES string of the molecule is CC(C)COc1ccc(CN2C(=O)OC3(CCN(CCN4CCNC4=O)CC3)C2Cc2ccc(F)cc2)cc1. The highest BCUT2D eigenvalue weighted by molar-refractivity contribution is 5.76. The third kappa shape index (κ3) is 6.46. The van der Waals surface area contributed by atoms with E-state index >= 15 is 0 Å². The minimum Gasteiger partial charge on any atom is -0.493 e. The second-order valence-corrected chi connectivity index (χ2v) is 11.3. The zero-order valence-corrected chi connectivity index (χ0v) is 22.9. The lowest BCUT2D eigenvalue weighted by molar-refractivity contribution is -0.0224. The number of benzene rings is 2. The van der Waals surface area contributed by atoms with Crippen LogP contribution in [-0.4, -0.2) is 84.3 Å². The molecule has 3 aliphatic rings. The summed E-state index contributed by atoms with van der Waals surface area (Å²) in [6.45, 7) is 9.83. The quantitative estimate of drug-likeness (QED) is 0.489. The standard InChI is InChI=1S/C30H39FN4O4/c1-22(2)21-38-26-9-5-24(6-10-26)20-35-27(19-23-3-7-25(31)8-4-23)30(39-29(35)37)11-14-33(15-12-30)17-18-34-16-13-32-28(34)36/h3-10,22,27H,11-21H2,1-2H3,(H,32,36). The van der Waals surface area contributed by atoms with Gasteiger partial charge in [-0.2, -0.15) is 0 Å². The van der Waals surface area contributed by atoms with E-state index in [4.69, 9.17) is 9.47 Å². The molecule has 0 bridgehead atoms. The average molecular weight is 539 g/mol. The molecule has 3 saturated heterocycles. The van der Waals surface area contributed by atoms with Crippen molar-refractivity contribution in [1.82, 2.24) is 20.0 Å². The van der Waals surface area contributed by atoms with Gasteiger partial charge in [-0.3, -0.25) is 4.90 Å². The van der Waals surface area contributed by atoms with E-state index in [1.807, 2.05) is 34.1 Å². The first kappa shape index (κ1) is 27.2. The van der Waals surface area contributed by atoms with Gasteiger partial charge < -0.3 is 24.6 Å². The molecule has 2 aromatic rings. The number of hydrogen-bond acceptors (Lipinski definition) is 5. The van der Waals surface area contributed by atoms with Crippen LogP contribution in [0.3, 0.4) is 0 Å². The van der Waals surface area contributed by atoms with Crippen LogP contribution in [0.25, 0.3) is 0 Å². The molecule has 0 radical (unpaired) electrons. The highest BCUT2D eigenvalue weighted by atomic mass is 19.1. The molecule has 3 fully saturated rings. The Morgan fingerprint density at radius 2 is 1.69 bits per heavy atom. The highest BCUT2D eigenvalue weighted by Crippen LogP contribution is 2.41. The molecule has 3 heterocycles. The molecule has 2 aromatic carbocycles. The van der Waals surface area contributed by atoms with Crippen LogP contribution in [0.5, 0.6) is 5.75 Å². The van der Waals surface area contributed by atoms with E-state index in [0.29, 0.717) is 38.6 Å². The first-order chi connectivity index (χ1) is 18.8. The summed E-state index contributed by atoms with van der Waals surface area (Å²) in [5.74, 6) is 0.983. The van der Waals surface area contributed by atoms with Crippen molar-refractivity contribution in [2.24, 2.45) is 5.92 Å². The van der Waals surface area contributed by atoms with Crippen molar-refractivity contribution in [3.8, 4) is 5.75 Å². The maximum atomic E-state index is 13.6. The zero-order valence-electron chi connectivity index (χ0n) is 22.9. The molecule has 1 atom stereocenters. The molecule has 8 nitrogen and oxygen atoms in total. The molecule has 3 aliphatic heterocycles. The molecule has 1 spiro atoms. The maximum Gasteiger partial charge on any atom is 0.411 e. The van der Waals surface area contributed by atoms with Gasteiger partial charge in [-0.15, -0.1) is 0 Å². The number of carbonyl (C=O) groups excluding carboxylic acids is 2. The Balaban J connectivity index is 1.28. The Hall–Kier alpha value is -3.33. The normalized spacial score (nSPS) is 21.1. The van der Waals surface area contributed by atoms with Gasteiger partial charge in [-0.1, -0.05) is 38.1 Å².